The summed E-state index contributed by atoms with van der Waals surface area (Å²) < 4.78 is 10.6. The van der Waals surface area contributed by atoms with Gasteiger partial charge in [-0.1, -0.05) is 12.8 Å². The van der Waals surface area contributed by atoms with Crippen molar-refractivity contribution in [1.29, 1.82) is 5.26 Å². The van der Waals surface area contributed by atoms with E-state index in [2.05, 4.69) is 6.07 Å². The molecule has 1 saturated carbocycles. The lowest BCUT2D eigenvalue weighted by Crippen LogP contribution is -2.09. The Kier molecular flexibility index (Phi) is 4.09. The minimum absolute atomic E-state index is 0.0856. The summed E-state index contributed by atoms with van der Waals surface area (Å²) in [4.78, 5) is 0. The topological polar surface area (TPSA) is 42.2 Å². The van der Waals surface area contributed by atoms with Gasteiger partial charge in [0.05, 0.1) is 26.2 Å². The molecule has 0 radical (unpaired) electrons. The lowest BCUT2D eigenvalue weighted by atomic mass is 9.85. The molecule has 2 rings (SSSR count). The number of methoxy groups -OCH3 is 2. The minimum Gasteiger partial charge on any atom is -0.497 e. The Labute approximate surface area is 108 Å². The van der Waals surface area contributed by atoms with Crippen molar-refractivity contribution in [3.63, 3.8) is 0 Å². The molecule has 1 fully saturated rings. The van der Waals surface area contributed by atoms with Crippen LogP contribution in [-0.2, 0) is 0 Å². The van der Waals surface area contributed by atoms with Gasteiger partial charge in [0.25, 0.3) is 0 Å². The number of hydrogen-bond donors (Lipinski definition) is 0. The van der Waals surface area contributed by atoms with E-state index in [9.17, 15) is 5.26 Å². The van der Waals surface area contributed by atoms with E-state index in [0.717, 1.165) is 29.9 Å². The standard InChI is InChI=1S/C15H19NO2/c1-17-12-7-8-15(18-2)13(9-12)14(10-16)11-5-3-4-6-11/h7-9,11,14H,3-6H2,1-2H3. The molecule has 96 valence electrons. The van der Waals surface area contributed by atoms with Crippen LogP contribution in [0.15, 0.2) is 18.2 Å². The van der Waals surface area contributed by atoms with Crippen molar-refractivity contribution in [1.82, 2.24) is 0 Å². The Hall–Kier alpha value is -1.69. The highest BCUT2D eigenvalue weighted by molar-refractivity contribution is 5.45. The first-order valence-electron chi connectivity index (χ1n) is 6.41. The van der Waals surface area contributed by atoms with Crippen LogP contribution in [0.4, 0.5) is 0 Å². The van der Waals surface area contributed by atoms with Crippen LogP contribution in [0.2, 0.25) is 0 Å². The maximum atomic E-state index is 9.48. The summed E-state index contributed by atoms with van der Waals surface area (Å²) in [7, 11) is 3.29. The highest BCUT2D eigenvalue weighted by Gasteiger charge is 2.28. The molecule has 1 aromatic rings. The van der Waals surface area contributed by atoms with Crippen LogP contribution >= 0.6 is 0 Å². The Bertz CT molecular complexity index is 444. The van der Waals surface area contributed by atoms with Gasteiger partial charge in [-0.15, -0.1) is 0 Å². The summed E-state index contributed by atoms with van der Waals surface area (Å²) in [6.45, 7) is 0. The fraction of sp³-hybridized carbons (Fsp3) is 0.533. The van der Waals surface area contributed by atoms with Gasteiger partial charge >= 0.3 is 0 Å². The lowest BCUT2D eigenvalue weighted by molar-refractivity contribution is 0.389. The van der Waals surface area contributed by atoms with E-state index in [1.165, 1.54) is 12.8 Å². The Morgan fingerprint density at radius 2 is 1.94 bits per heavy atom. The molecule has 1 aliphatic carbocycles. The van der Waals surface area contributed by atoms with Gasteiger partial charge in [-0.05, 0) is 37.0 Å². The van der Waals surface area contributed by atoms with E-state index >= 15 is 0 Å². The number of nitrogens with zero attached hydrogens (tertiary/aromatic N) is 1. The van der Waals surface area contributed by atoms with Crippen LogP contribution < -0.4 is 9.47 Å². The quantitative estimate of drug-likeness (QED) is 0.815. The van der Waals surface area contributed by atoms with Gasteiger partial charge in [-0.2, -0.15) is 5.26 Å². The summed E-state index contributed by atoms with van der Waals surface area (Å²) in [6.07, 6.45) is 4.74. The van der Waals surface area contributed by atoms with Crippen LogP contribution in [0.25, 0.3) is 0 Å². The predicted octanol–water partition coefficient (Wildman–Crippen LogP) is 3.50. The zero-order valence-electron chi connectivity index (χ0n) is 11.0. The lowest BCUT2D eigenvalue weighted by Gasteiger charge is -2.19. The largest absolute Gasteiger partial charge is 0.497 e. The highest BCUT2D eigenvalue weighted by Crippen LogP contribution is 2.41. The van der Waals surface area contributed by atoms with Gasteiger partial charge in [-0.3, -0.25) is 0 Å². The molecule has 1 aliphatic rings. The third-order valence-corrected chi connectivity index (χ3v) is 3.78. The molecular formula is C15H19NO2. The minimum atomic E-state index is -0.0856. The third-order valence-electron chi connectivity index (χ3n) is 3.78. The Balaban J connectivity index is 2.36. The first-order valence-corrected chi connectivity index (χ1v) is 6.41. The van der Waals surface area contributed by atoms with Gasteiger partial charge in [0.1, 0.15) is 11.5 Å². The van der Waals surface area contributed by atoms with E-state index in [1.54, 1.807) is 14.2 Å². The molecule has 0 bridgehead atoms. The zero-order valence-corrected chi connectivity index (χ0v) is 11.0. The van der Waals surface area contributed by atoms with Gasteiger partial charge in [-0.25, -0.2) is 0 Å². The van der Waals surface area contributed by atoms with Gasteiger partial charge < -0.3 is 9.47 Å². The molecule has 1 unspecified atom stereocenters. The normalized spacial score (nSPS) is 17.2. The predicted molar refractivity (Wildman–Crippen MR) is 69.9 cm³/mol. The molecule has 0 N–H and O–H groups in total. The first kappa shape index (κ1) is 12.8. The van der Waals surface area contributed by atoms with Crippen LogP contribution in [0.3, 0.4) is 0 Å². The Morgan fingerprint density at radius 1 is 1.22 bits per heavy atom. The fourth-order valence-electron chi connectivity index (χ4n) is 2.80. The molecule has 0 aliphatic heterocycles. The van der Waals surface area contributed by atoms with Crippen LogP contribution in [0.1, 0.15) is 37.2 Å². The van der Waals surface area contributed by atoms with Crippen LogP contribution in [0, 0.1) is 17.2 Å². The zero-order chi connectivity index (χ0) is 13.0. The molecule has 1 atom stereocenters. The summed E-state index contributed by atoms with van der Waals surface area (Å²) in [5.41, 5.74) is 0.964. The van der Waals surface area contributed by atoms with Crippen LogP contribution in [0.5, 0.6) is 11.5 Å². The van der Waals surface area contributed by atoms with Gasteiger partial charge in [0, 0.05) is 5.56 Å². The second-order valence-electron chi connectivity index (χ2n) is 4.76. The molecule has 0 amide bonds. The number of rotatable bonds is 4. The highest BCUT2D eigenvalue weighted by atomic mass is 16.5. The van der Waals surface area contributed by atoms with Crippen molar-refractivity contribution < 1.29 is 9.47 Å². The molecule has 3 heteroatoms. The molecule has 0 spiro atoms. The third kappa shape index (κ3) is 2.43. The molecule has 1 aromatic carbocycles. The number of hydrogen-bond acceptors (Lipinski definition) is 3. The average Bonchev–Trinajstić information content (AvgIpc) is 2.93. The van der Waals surface area contributed by atoms with Crippen molar-refractivity contribution in [2.45, 2.75) is 31.6 Å². The maximum absolute atomic E-state index is 9.48. The molecule has 0 heterocycles. The second kappa shape index (κ2) is 5.77. The summed E-state index contributed by atoms with van der Waals surface area (Å²) in [6, 6.07) is 8.14. The van der Waals surface area contributed by atoms with E-state index in [1.807, 2.05) is 18.2 Å². The van der Waals surface area contributed by atoms with Crippen molar-refractivity contribution >= 4 is 0 Å². The number of benzene rings is 1. The van der Waals surface area contributed by atoms with E-state index in [4.69, 9.17) is 9.47 Å². The SMILES string of the molecule is COc1ccc(OC)c(C(C#N)C2CCCC2)c1. The van der Waals surface area contributed by atoms with Crippen molar-refractivity contribution in [3.8, 4) is 17.6 Å². The van der Waals surface area contributed by atoms with Gasteiger partial charge in [0.2, 0.25) is 0 Å². The smallest absolute Gasteiger partial charge is 0.123 e. The number of nitriles is 1. The van der Waals surface area contributed by atoms with Gasteiger partial charge in [0.15, 0.2) is 0 Å². The molecule has 0 aromatic heterocycles. The summed E-state index contributed by atoms with van der Waals surface area (Å²) in [5.74, 6) is 1.94. The van der Waals surface area contributed by atoms with E-state index < -0.39 is 0 Å². The maximum Gasteiger partial charge on any atom is 0.123 e. The molecule has 0 saturated heterocycles. The van der Waals surface area contributed by atoms with Crippen molar-refractivity contribution in [3.05, 3.63) is 23.8 Å². The molecule has 18 heavy (non-hydrogen) atoms. The van der Waals surface area contributed by atoms with E-state index in [0.29, 0.717) is 5.92 Å². The molecule has 3 nitrogen and oxygen atoms in total. The van der Waals surface area contributed by atoms with Crippen molar-refractivity contribution in [2.24, 2.45) is 5.92 Å². The summed E-state index contributed by atoms with van der Waals surface area (Å²) in [5, 5.41) is 9.48. The first-order chi connectivity index (χ1) is 8.80. The van der Waals surface area contributed by atoms with E-state index in [-0.39, 0.29) is 5.92 Å². The number of ether oxygens (including phenoxy) is 2. The Morgan fingerprint density at radius 3 is 2.50 bits per heavy atom. The molecular weight excluding hydrogens is 226 g/mol. The average molecular weight is 245 g/mol. The van der Waals surface area contributed by atoms with Crippen LogP contribution in [-0.4, -0.2) is 14.2 Å². The summed E-state index contributed by atoms with van der Waals surface area (Å²) >= 11 is 0. The second-order valence-corrected chi connectivity index (χ2v) is 4.76. The van der Waals surface area contributed by atoms with Crippen molar-refractivity contribution in [2.75, 3.05) is 14.2 Å². The monoisotopic (exact) mass is 245 g/mol. The fourth-order valence-corrected chi connectivity index (χ4v) is 2.80.